The Kier molecular flexibility index (Phi) is 3.96. The molecule has 5 heteroatoms. The highest BCUT2D eigenvalue weighted by Gasteiger charge is 2.09. The first-order chi connectivity index (χ1) is 9.63. The number of rotatable bonds is 3. The largest absolute Gasteiger partial charge is 0.457 e. The van der Waals surface area contributed by atoms with E-state index in [2.05, 4.69) is 5.32 Å². The van der Waals surface area contributed by atoms with Crippen molar-refractivity contribution < 1.29 is 13.6 Å². The molecule has 2 aromatic rings. The predicted molar refractivity (Wildman–Crippen MR) is 71.8 cm³/mol. The molecule has 1 aromatic carbocycles. The Balaban J connectivity index is 2.29. The second-order valence-corrected chi connectivity index (χ2v) is 3.96. The quantitative estimate of drug-likeness (QED) is 0.689. The van der Waals surface area contributed by atoms with E-state index < -0.39 is 5.91 Å². The van der Waals surface area contributed by atoms with Crippen LogP contribution in [-0.4, -0.2) is 13.0 Å². The molecule has 100 valence electrons. The molecular weight excluding hydrogens is 259 g/mol. The van der Waals surface area contributed by atoms with Crippen molar-refractivity contribution >= 4 is 12.0 Å². The van der Waals surface area contributed by atoms with E-state index in [1.165, 1.54) is 25.3 Å². The van der Waals surface area contributed by atoms with Gasteiger partial charge < -0.3 is 9.73 Å². The van der Waals surface area contributed by atoms with Crippen molar-refractivity contribution in [2.75, 3.05) is 7.05 Å². The van der Waals surface area contributed by atoms with Gasteiger partial charge in [-0.25, -0.2) is 4.39 Å². The summed E-state index contributed by atoms with van der Waals surface area (Å²) in [4.78, 5) is 11.4. The van der Waals surface area contributed by atoms with Crippen LogP contribution in [0.2, 0.25) is 0 Å². The van der Waals surface area contributed by atoms with Crippen molar-refractivity contribution in [2.45, 2.75) is 0 Å². The van der Waals surface area contributed by atoms with Crippen LogP contribution < -0.4 is 5.32 Å². The van der Waals surface area contributed by atoms with Gasteiger partial charge in [-0.1, -0.05) is 0 Å². The Bertz CT molecular complexity index is 693. The highest BCUT2D eigenvalue weighted by atomic mass is 19.1. The Morgan fingerprint density at radius 1 is 1.30 bits per heavy atom. The average Bonchev–Trinajstić information content (AvgIpc) is 2.93. The SMILES string of the molecule is CNC(=O)C(C#N)=Cc1ccc(-c2ccc(F)cc2)o1. The van der Waals surface area contributed by atoms with Crippen molar-refractivity contribution in [3.63, 3.8) is 0 Å². The second-order valence-electron chi connectivity index (χ2n) is 3.96. The Labute approximate surface area is 115 Å². The first-order valence-corrected chi connectivity index (χ1v) is 5.83. The van der Waals surface area contributed by atoms with E-state index >= 15 is 0 Å². The fourth-order valence-electron chi connectivity index (χ4n) is 1.63. The van der Waals surface area contributed by atoms with Gasteiger partial charge in [0.25, 0.3) is 5.91 Å². The average molecular weight is 270 g/mol. The molecule has 0 saturated heterocycles. The minimum Gasteiger partial charge on any atom is -0.457 e. The zero-order valence-corrected chi connectivity index (χ0v) is 10.7. The van der Waals surface area contributed by atoms with E-state index in [0.29, 0.717) is 17.1 Å². The van der Waals surface area contributed by atoms with Crippen LogP contribution in [0.25, 0.3) is 17.4 Å². The maximum Gasteiger partial charge on any atom is 0.261 e. The Morgan fingerprint density at radius 3 is 2.60 bits per heavy atom. The number of carbonyl (C=O) groups excluding carboxylic acids is 1. The highest BCUT2D eigenvalue weighted by molar-refractivity contribution is 6.01. The molecule has 0 fully saturated rings. The lowest BCUT2D eigenvalue weighted by Crippen LogP contribution is -2.18. The molecule has 1 N–H and O–H groups in total. The first-order valence-electron chi connectivity index (χ1n) is 5.83. The van der Waals surface area contributed by atoms with Crippen LogP contribution in [0, 0.1) is 17.1 Å². The van der Waals surface area contributed by atoms with Gasteiger partial charge in [-0.2, -0.15) is 5.26 Å². The van der Waals surface area contributed by atoms with Gasteiger partial charge in [0.1, 0.15) is 29.0 Å². The Morgan fingerprint density at radius 2 is 2.00 bits per heavy atom. The van der Waals surface area contributed by atoms with E-state index in [0.717, 1.165) is 0 Å². The zero-order chi connectivity index (χ0) is 14.5. The second kappa shape index (κ2) is 5.85. The number of amides is 1. The predicted octanol–water partition coefficient (Wildman–Crippen LogP) is 2.74. The molecule has 2 rings (SSSR count). The van der Waals surface area contributed by atoms with Gasteiger partial charge in [0.15, 0.2) is 0 Å². The maximum absolute atomic E-state index is 12.8. The minimum atomic E-state index is -0.479. The fraction of sp³-hybridized carbons (Fsp3) is 0.0667. The molecule has 4 nitrogen and oxygen atoms in total. The van der Waals surface area contributed by atoms with Crippen LogP contribution in [0.3, 0.4) is 0 Å². The van der Waals surface area contributed by atoms with Gasteiger partial charge in [-0.15, -0.1) is 0 Å². The van der Waals surface area contributed by atoms with Gasteiger partial charge in [0.2, 0.25) is 0 Å². The van der Waals surface area contributed by atoms with Gasteiger partial charge >= 0.3 is 0 Å². The smallest absolute Gasteiger partial charge is 0.261 e. The number of halogens is 1. The molecule has 20 heavy (non-hydrogen) atoms. The normalized spacial score (nSPS) is 10.9. The van der Waals surface area contributed by atoms with Crippen LogP contribution in [0.5, 0.6) is 0 Å². The zero-order valence-electron chi connectivity index (χ0n) is 10.7. The van der Waals surface area contributed by atoms with E-state index in [9.17, 15) is 9.18 Å². The lowest BCUT2D eigenvalue weighted by molar-refractivity contribution is -0.116. The lowest BCUT2D eigenvalue weighted by atomic mass is 10.2. The van der Waals surface area contributed by atoms with Gasteiger partial charge in [-0.05, 0) is 36.4 Å². The third kappa shape index (κ3) is 2.93. The molecular formula is C15H11FN2O2. The third-order valence-corrected chi connectivity index (χ3v) is 2.63. The number of likely N-dealkylation sites (N-methyl/N-ethyl adjacent to an activating group) is 1. The summed E-state index contributed by atoms with van der Waals surface area (Å²) < 4.78 is 18.3. The van der Waals surface area contributed by atoms with E-state index in [-0.39, 0.29) is 11.4 Å². The summed E-state index contributed by atoms with van der Waals surface area (Å²) >= 11 is 0. The molecule has 1 aromatic heterocycles. The number of hydrogen-bond acceptors (Lipinski definition) is 3. The minimum absolute atomic E-state index is 0.0486. The molecule has 1 amide bonds. The van der Waals surface area contributed by atoms with Crippen LogP contribution >= 0.6 is 0 Å². The molecule has 0 unspecified atom stereocenters. The van der Waals surface area contributed by atoms with Gasteiger partial charge in [0.05, 0.1) is 0 Å². The molecule has 0 saturated carbocycles. The molecule has 0 bridgehead atoms. The standard InChI is InChI=1S/C15H11FN2O2/c1-18-15(19)11(9-17)8-13-6-7-14(20-13)10-2-4-12(16)5-3-10/h2-8H,1H3,(H,18,19). The Hall–Kier alpha value is -2.87. The van der Waals surface area contributed by atoms with Crippen LogP contribution in [0.15, 0.2) is 46.4 Å². The summed E-state index contributed by atoms with van der Waals surface area (Å²) in [5, 5.41) is 11.2. The third-order valence-electron chi connectivity index (χ3n) is 2.63. The number of nitrogens with zero attached hydrogens (tertiary/aromatic N) is 1. The topological polar surface area (TPSA) is 66.0 Å². The van der Waals surface area contributed by atoms with Crippen molar-refractivity contribution in [1.29, 1.82) is 5.26 Å². The summed E-state index contributed by atoms with van der Waals surface area (Å²) in [7, 11) is 1.44. The number of nitrogens with one attached hydrogen (secondary N) is 1. The number of carbonyl (C=O) groups is 1. The number of furan rings is 1. The lowest BCUT2D eigenvalue weighted by Gasteiger charge is -1.97. The van der Waals surface area contributed by atoms with Crippen molar-refractivity contribution in [3.8, 4) is 17.4 Å². The number of nitriles is 1. The summed E-state index contributed by atoms with van der Waals surface area (Å²) in [6.45, 7) is 0. The maximum atomic E-state index is 12.8. The summed E-state index contributed by atoms with van der Waals surface area (Å²) in [6, 6.07) is 11.0. The summed E-state index contributed by atoms with van der Waals surface area (Å²) in [5.41, 5.74) is 0.664. The molecule has 0 atom stereocenters. The molecule has 0 aliphatic rings. The van der Waals surface area contributed by atoms with Crippen molar-refractivity contribution in [1.82, 2.24) is 5.32 Å². The summed E-state index contributed by atoms with van der Waals surface area (Å²) in [5.74, 6) is 0.106. The molecule has 0 spiro atoms. The van der Waals surface area contributed by atoms with E-state index in [4.69, 9.17) is 9.68 Å². The highest BCUT2D eigenvalue weighted by Crippen LogP contribution is 2.23. The molecule has 0 aliphatic carbocycles. The van der Waals surface area contributed by atoms with Gasteiger partial charge in [0, 0.05) is 18.7 Å². The van der Waals surface area contributed by atoms with Crippen LogP contribution in [-0.2, 0) is 4.79 Å². The van der Waals surface area contributed by atoms with Crippen molar-refractivity contribution in [2.24, 2.45) is 0 Å². The fourth-order valence-corrected chi connectivity index (χ4v) is 1.63. The van der Waals surface area contributed by atoms with E-state index in [1.54, 1.807) is 30.3 Å². The summed E-state index contributed by atoms with van der Waals surface area (Å²) in [6.07, 6.45) is 1.35. The number of hydrogen-bond donors (Lipinski definition) is 1. The first kappa shape index (κ1) is 13.6. The van der Waals surface area contributed by atoms with Gasteiger partial charge in [-0.3, -0.25) is 4.79 Å². The van der Waals surface area contributed by atoms with E-state index in [1.807, 2.05) is 0 Å². The molecule has 0 radical (unpaired) electrons. The molecule has 1 heterocycles. The van der Waals surface area contributed by atoms with Crippen LogP contribution in [0.1, 0.15) is 5.76 Å². The number of benzene rings is 1. The van der Waals surface area contributed by atoms with Crippen LogP contribution in [0.4, 0.5) is 4.39 Å². The van der Waals surface area contributed by atoms with Crippen molar-refractivity contribution in [3.05, 3.63) is 53.5 Å². The monoisotopic (exact) mass is 270 g/mol. The molecule has 0 aliphatic heterocycles.